The van der Waals surface area contributed by atoms with Gasteiger partial charge in [-0.1, -0.05) is 19.3 Å². The highest BCUT2D eigenvalue weighted by Gasteiger charge is 2.17. The summed E-state index contributed by atoms with van der Waals surface area (Å²) in [4.78, 5) is 14.2. The van der Waals surface area contributed by atoms with Crippen molar-refractivity contribution in [2.24, 2.45) is 0 Å². The van der Waals surface area contributed by atoms with E-state index in [9.17, 15) is 9.18 Å². The van der Waals surface area contributed by atoms with Gasteiger partial charge in [0.25, 0.3) is 5.91 Å². The average Bonchev–Trinajstić information content (AvgIpc) is 2.31. The van der Waals surface area contributed by atoms with Gasteiger partial charge in [-0.25, -0.2) is 4.39 Å². The molecule has 0 spiro atoms. The number of halogens is 1. The van der Waals surface area contributed by atoms with E-state index in [4.69, 9.17) is 0 Å². The number of aryl methyl sites for hydroxylation is 1. The van der Waals surface area contributed by atoms with Crippen molar-refractivity contribution in [3.8, 4) is 0 Å². The predicted molar refractivity (Wildman–Crippen MR) is 70.1 cm³/mol. The molecule has 1 amide bonds. The molecule has 2 nitrogen and oxygen atoms in total. The van der Waals surface area contributed by atoms with Crippen molar-refractivity contribution < 1.29 is 9.18 Å². The molecule has 1 aliphatic rings. The monoisotopic (exact) mass is 249 g/mol. The minimum absolute atomic E-state index is 0.0417. The molecule has 18 heavy (non-hydrogen) atoms. The Kier molecular flexibility index (Phi) is 4.34. The Morgan fingerprint density at radius 1 is 1.11 bits per heavy atom. The van der Waals surface area contributed by atoms with E-state index < -0.39 is 0 Å². The first-order valence-electron chi connectivity index (χ1n) is 6.74. The Bertz CT molecular complexity index is 423. The highest BCUT2D eigenvalue weighted by Crippen LogP contribution is 2.15. The van der Waals surface area contributed by atoms with Crippen LogP contribution < -0.4 is 0 Å². The van der Waals surface area contributed by atoms with Crippen molar-refractivity contribution in [1.82, 2.24) is 4.90 Å². The molecule has 0 aliphatic carbocycles. The number of likely N-dealkylation sites (tertiary alicyclic amines) is 1. The number of nitrogens with zero attached hydrogens (tertiary/aromatic N) is 1. The van der Waals surface area contributed by atoms with Gasteiger partial charge in [-0.3, -0.25) is 4.79 Å². The minimum atomic E-state index is -0.251. The molecule has 1 heterocycles. The lowest BCUT2D eigenvalue weighted by molar-refractivity contribution is 0.0742. The van der Waals surface area contributed by atoms with Gasteiger partial charge in [0.15, 0.2) is 0 Å². The summed E-state index contributed by atoms with van der Waals surface area (Å²) >= 11 is 0. The van der Waals surface area contributed by atoms with E-state index in [0.29, 0.717) is 11.1 Å². The molecule has 3 heteroatoms. The smallest absolute Gasteiger partial charge is 0.253 e. The van der Waals surface area contributed by atoms with Crippen LogP contribution in [-0.4, -0.2) is 23.9 Å². The molecule has 1 aliphatic heterocycles. The van der Waals surface area contributed by atoms with E-state index in [2.05, 4.69) is 0 Å². The fourth-order valence-electron chi connectivity index (χ4n) is 2.41. The van der Waals surface area contributed by atoms with Crippen molar-refractivity contribution in [3.05, 3.63) is 35.1 Å². The van der Waals surface area contributed by atoms with Gasteiger partial charge >= 0.3 is 0 Å². The minimum Gasteiger partial charge on any atom is -0.339 e. The molecule has 1 fully saturated rings. The zero-order valence-electron chi connectivity index (χ0n) is 10.9. The summed E-state index contributed by atoms with van der Waals surface area (Å²) in [5.74, 6) is -0.209. The molecule has 98 valence electrons. The highest BCUT2D eigenvalue weighted by molar-refractivity contribution is 5.94. The van der Waals surface area contributed by atoms with Crippen LogP contribution in [-0.2, 0) is 0 Å². The third-order valence-corrected chi connectivity index (χ3v) is 3.55. The lowest BCUT2D eigenvalue weighted by Gasteiger charge is -2.25. The van der Waals surface area contributed by atoms with Crippen LogP contribution in [0.1, 0.15) is 48.0 Å². The van der Waals surface area contributed by atoms with Gasteiger partial charge in [0.05, 0.1) is 0 Å². The zero-order valence-corrected chi connectivity index (χ0v) is 10.9. The fourth-order valence-corrected chi connectivity index (χ4v) is 2.41. The number of hydrogen-bond donors (Lipinski definition) is 0. The Morgan fingerprint density at radius 3 is 2.33 bits per heavy atom. The summed E-state index contributed by atoms with van der Waals surface area (Å²) in [6.07, 6.45) is 5.83. The summed E-state index contributed by atoms with van der Waals surface area (Å²) in [6, 6.07) is 4.62. The Labute approximate surface area is 108 Å². The Morgan fingerprint density at radius 2 is 1.72 bits per heavy atom. The van der Waals surface area contributed by atoms with Gasteiger partial charge in [0.2, 0.25) is 0 Å². The first kappa shape index (κ1) is 13.1. The average molecular weight is 249 g/mol. The Hall–Kier alpha value is -1.38. The number of carbonyl (C=O) groups excluding carboxylic acids is 1. The van der Waals surface area contributed by atoms with Crippen molar-refractivity contribution in [1.29, 1.82) is 0 Å². The van der Waals surface area contributed by atoms with Crippen LogP contribution in [0.5, 0.6) is 0 Å². The molecule has 0 N–H and O–H groups in total. The van der Waals surface area contributed by atoms with Crippen LogP contribution in [0.2, 0.25) is 0 Å². The van der Waals surface area contributed by atoms with Crippen LogP contribution >= 0.6 is 0 Å². The van der Waals surface area contributed by atoms with Crippen molar-refractivity contribution >= 4 is 5.91 Å². The third-order valence-electron chi connectivity index (χ3n) is 3.55. The van der Waals surface area contributed by atoms with Gasteiger partial charge < -0.3 is 4.90 Å². The summed E-state index contributed by atoms with van der Waals surface area (Å²) < 4.78 is 13.2. The van der Waals surface area contributed by atoms with E-state index in [-0.39, 0.29) is 11.7 Å². The second-order valence-electron chi connectivity index (χ2n) is 5.02. The van der Waals surface area contributed by atoms with Crippen molar-refractivity contribution in [2.75, 3.05) is 13.1 Å². The SMILES string of the molecule is Cc1cc(C(=O)N2CCCCCCC2)ccc1F. The maximum Gasteiger partial charge on any atom is 0.253 e. The van der Waals surface area contributed by atoms with Crippen LogP contribution in [0.4, 0.5) is 4.39 Å². The highest BCUT2D eigenvalue weighted by atomic mass is 19.1. The number of rotatable bonds is 1. The second kappa shape index (κ2) is 5.98. The molecule has 1 aromatic rings. The van der Waals surface area contributed by atoms with Crippen LogP contribution in [0, 0.1) is 12.7 Å². The molecule has 0 atom stereocenters. The summed E-state index contributed by atoms with van der Waals surface area (Å²) in [5, 5.41) is 0. The number of carbonyl (C=O) groups is 1. The quantitative estimate of drug-likeness (QED) is 0.745. The number of benzene rings is 1. The molecular weight excluding hydrogens is 229 g/mol. The normalized spacial score (nSPS) is 17.1. The summed E-state index contributed by atoms with van der Waals surface area (Å²) in [7, 11) is 0. The van der Waals surface area contributed by atoms with Gasteiger partial charge in [0, 0.05) is 18.7 Å². The lowest BCUT2D eigenvalue weighted by Crippen LogP contribution is -2.33. The van der Waals surface area contributed by atoms with E-state index in [1.165, 1.54) is 25.3 Å². The molecule has 1 aromatic carbocycles. The van der Waals surface area contributed by atoms with E-state index in [1.54, 1.807) is 19.1 Å². The molecule has 0 unspecified atom stereocenters. The first-order chi connectivity index (χ1) is 8.68. The molecule has 2 rings (SSSR count). The maximum absolute atomic E-state index is 13.2. The molecule has 0 bridgehead atoms. The summed E-state index contributed by atoms with van der Waals surface area (Å²) in [5.41, 5.74) is 1.14. The van der Waals surface area contributed by atoms with Crippen LogP contribution in [0.3, 0.4) is 0 Å². The number of hydrogen-bond acceptors (Lipinski definition) is 1. The summed E-state index contributed by atoms with van der Waals surface area (Å²) in [6.45, 7) is 3.35. The van der Waals surface area contributed by atoms with Gasteiger partial charge in [0.1, 0.15) is 5.82 Å². The standard InChI is InChI=1S/C15H20FNO/c1-12-11-13(7-8-14(12)16)15(18)17-9-5-3-2-4-6-10-17/h7-8,11H,2-6,9-10H2,1H3. The molecule has 0 saturated carbocycles. The maximum atomic E-state index is 13.2. The number of amides is 1. The second-order valence-corrected chi connectivity index (χ2v) is 5.02. The molecular formula is C15H20FNO. The predicted octanol–water partition coefficient (Wildman–Crippen LogP) is 3.54. The van der Waals surface area contributed by atoms with Crippen LogP contribution in [0.25, 0.3) is 0 Å². The lowest BCUT2D eigenvalue weighted by atomic mass is 10.1. The van der Waals surface area contributed by atoms with Gasteiger partial charge in [-0.2, -0.15) is 0 Å². The van der Waals surface area contributed by atoms with E-state index in [0.717, 1.165) is 25.9 Å². The van der Waals surface area contributed by atoms with Gasteiger partial charge in [-0.15, -0.1) is 0 Å². The van der Waals surface area contributed by atoms with E-state index >= 15 is 0 Å². The molecule has 0 aromatic heterocycles. The van der Waals surface area contributed by atoms with Gasteiger partial charge in [-0.05, 0) is 43.5 Å². The topological polar surface area (TPSA) is 20.3 Å². The zero-order chi connectivity index (χ0) is 13.0. The fraction of sp³-hybridized carbons (Fsp3) is 0.533. The van der Waals surface area contributed by atoms with Crippen molar-refractivity contribution in [3.63, 3.8) is 0 Å². The largest absolute Gasteiger partial charge is 0.339 e. The molecule has 1 saturated heterocycles. The van der Waals surface area contributed by atoms with E-state index in [1.807, 2.05) is 4.90 Å². The third kappa shape index (κ3) is 3.09. The van der Waals surface area contributed by atoms with Crippen LogP contribution in [0.15, 0.2) is 18.2 Å². The Balaban J connectivity index is 2.10. The molecule has 0 radical (unpaired) electrons. The van der Waals surface area contributed by atoms with Crippen molar-refractivity contribution in [2.45, 2.75) is 39.0 Å². The first-order valence-corrected chi connectivity index (χ1v) is 6.74.